The number of rotatable bonds is 6. The van der Waals surface area contributed by atoms with Gasteiger partial charge in [0.05, 0.1) is 44.9 Å². The molecule has 0 aromatic heterocycles. The maximum absolute atomic E-state index is 13.1. The molecular weight excluding hydrogens is 382 g/mol. The van der Waals surface area contributed by atoms with E-state index in [4.69, 9.17) is 4.74 Å². The summed E-state index contributed by atoms with van der Waals surface area (Å²) in [6.45, 7) is 5.89. The number of nitrogens with one attached hydrogen (secondary N) is 1. The van der Waals surface area contributed by atoms with Crippen molar-refractivity contribution in [3.63, 3.8) is 0 Å². The Hall–Kier alpha value is -3.06. The summed E-state index contributed by atoms with van der Waals surface area (Å²) in [5, 5.41) is 9.46. The highest BCUT2D eigenvalue weighted by Gasteiger charge is 2.46. The Balaban J connectivity index is 1.39. The molecule has 2 aromatic rings. The minimum atomic E-state index is -0.324. The predicted molar refractivity (Wildman–Crippen MR) is 114 cm³/mol. The van der Waals surface area contributed by atoms with Gasteiger partial charge in [-0.15, -0.1) is 0 Å². The number of amides is 2. The SMILES string of the molecule is CCCOc1ccc(N2C(=O)C[C@@H]([NH+]3CCN(c4ccc(O)cc4)CC3)C2=O)cc1. The summed E-state index contributed by atoms with van der Waals surface area (Å²) in [4.78, 5) is 30.4. The van der Waals surface area contributed by atoms with Gasteiger partial charge in [-0.05, 0) is 55.0 Å². The lowest BCUT2D eigenvalue weighted by atomic mass is 10.1. The smallest absolute Gasteiger partial charge is 0.292 e. The highest BCUT2D eigenvalue weighted by Crippen LogP contribution is 2.25. The molecule has 0 bridgehead atoms. The first kappa shape index (κ1) is 20.2. The predicted octanol–water partition coefficient (Wildman–Crippen LogP) is 1.22. The Bertz CT molecular complexity index is 890. The molecule has 1 atom stereocenters. The van der Waals surface area contributed by atoms with Gasteiger partial charge < -0.3 is 19.6 Å². The molecule has 2 N–H and O–H groups in total. The summed E-state index contributed by atoms with van der Waals surface area (Å²) in [5.41, 5.74) is 1.67. The van der Waals surface area contributed by atoms with Crippen LogP contribution in [0, 0.1) is 0 Å². The van der Waals surface area contributed by atoms with Crippen LogP contribution in [0.2, 0.25) is 0 Å². The van der Waals surface area contributed by atoms with Crippen LogP contribution in [0.5, 0.6) is 11.5 Å². The second-order valence-electron chi connectivity index (χ2n) is 7.83. The standard InChI is InChI=1S/C23H27N3O4/c1-2-15-30-20-9-5-18(6-10-20)26-22(28)16-21(23(26)29)25-13-11-24(12-14-25)17-3-7-19(27)8-4-17/h3-10,21,27H,2,11-16H2,1H3/p+1/t21-/m1/s1. The average molecular weight is 410 g/mol. The first-order valence-electron chi connectivity index (χ1n) is 10.5. The van der Waals surface area contributed by atoms with Gasteiger partial charge in [0.25, 0.3) is 5.91 Å². The van der Waals surface area contributed by atoms with Gasteiger partial charge in [0, 0.05) is 5.69 Å². The van der Waals surface area contributed by atoms with Crippen molar-refractivity contribution in [2.24, 2.45) is 0 Å². The van der Waals surface area contributed by atoms with Gasteiger partial charge in [-0.2, -0.15) is 0 Å². The molecule has 4 rings (SSSR count). The van der Waals surface area contributed by atoms with Crippen molar-refractivity contribution >= 4 is 23.2 Å². The number of benzene rings is 2. The maximum Gasteiger partial charge on any atom is 0.292 e. The molecular formula is C23H28N3O4+. The number of anilines is 2. The largest absolute Gasteiger partial charge is 0.508 e. The summed E-state index contributed by atoms with van der Waals surface area (Å²) in [7, 11) is 0. The van der Waals surface area contributed by atoms with Crippen molar-refractivity contribution < 1.29 is 24.3 Å². The van der Waals surface area contributed by atoms with Gasteiger partial charge in [0.15, 0.2) is 6.04 Å². The van der Waals surface area contributed by atoms with Crippen LogP contribution >= 0.6 is 0 Å². The quantitative estimate of drug-likeness (QED) is 0.701. The van der Waals surface area contributed by atoms with E-state index in [0.29, 0.717) is 12.3 Å². The highest BCUT2D eigenvalue weighted by molar-refractivity contribution is 6.21. The van der Waals surface area contributed by atoms with E-state index in [1.54, 1.807) is 24.3 Å². The van der Waals surface area contributed by atoms with Gasteiger partial charge in [-0.25, -0.2) is 4.90 Å². The van der Waals surface area contributed by atoms with Crippen LogP contribution in [0.3, 0.4) is 0 Å². The fraction of sp³-hybridized carbons (Fsp3) is 0.391. The van der Waals surface area contributed by atoms with Crippen molar-refractivity contribution in [1.82, 2.24) is 0 Å². The monoisotopic (exact) mass is 410 g/mol. The van der Waals surface area contributed by atoms with Crippen LogP contribution in [-0.4, -0.2) is 55.7 Å². The topological polar surface area (TPSA) is 74.5 Å². The van der Waals surface area contributed by atoms with Crippen LogP contribution in [0.1, 0.15) is 19.8 Å². The normalized spacial score (nSPS) is 20.1. The van der Waals surface area contributed by atoms with Crippen molar-refractivity contribution in [1.29, 1.82) is 0 Å². The minimum Gasteiger partial charge on any atom is -0.508 e. The molecule has 30 heavy (non-hydrogen) atoms. The zero-order valence-electron chi connectivity index (χ0n) is 17.2. The molecule has 7 nitrogen and oxygen atoms in total. The number of hydrogen-bond acceptors (Lipinski definition) is 5. The molecule has 0 radical (unpaired) electrons. The molecule has 0 unspecified atom stereocenters. The van der Waals surface area contributed by atoms with Crippen LogP contribution < -0.4 is 19.4 Å². The van der Waals surface area contributed by atoms with E-state index in [0.717, 1.165) is 48.9 Å². The van der Waals surface area contributed by atoms with E-state index in [-0.39, 0.29) is 30.0 Å². The number of quaternary nitrogens is 1. The van der Waals surface area contributed by atoms with E-state index < -0.39 is 0 Å². The highest BCUT2D eigenvalue weighted by atomic mass is 16.5. The van der Waals surface area contributed by atoms with E-state index in [1.165, 1.54) is 4.90 Å². The third-order valence-electron chi connectivity index (χ3n) is 5.83. The second kappa shape index (κ2) is 8.75. The average Bonchev–Trinajstić information content (AvgIpc) is 3.07. The third kappa shape index (κ3) is 4.11. The van der Waals surface area contributed by atoms with E-state index in [2.05, 4.69) is 4.90 Å². The number of hydrogen-bond donors (Lipinski definition) is 2. The lowest BCUT2D eigenvalue weighted by Crippen LogP contribution is -3.19. The molecule has 158 valence electrons. The fourth-order valence-corrected chi connectivity index (χ4v) is 4.20. The summed E-state index contributed by atoms with van der Waals surface area (Å²) in [5.74, 6) is 0.742. The number of aromatic hydroxyl groups is 1. The van der Waals surface area contributed by atoms with Crippen LogP contribution in [0.25, 0.3) is 0 Å². The summed E-state index contributed by atoms with van der Waals surface area (Å²) in [6, 6.07) is 14.0. The zero-order valence-corrected chi connectivity index (χ0v) is 17.2. The number of carbonyl (C=O) groups excluding carboxylic acids is 2. The van der Waals surface area contributed by atoms with Crippen molar-refractivity contribution in [2.45, 2.75) is 25.8 Å². The van der Waals surface area contributed by atoms with Gasteiger partial charge in [-0.1, -0.05) is 6.92 Å². The molecule has 0 saturated carbocycles. The Morgan fingerprint density at radius 1 is 1.00 bits per heavy atom. The van der Waals surface area contributed by atoms with Crippen molar-refractivity contribution in [3.05, 3.63) is 48.5 Å². The summed E-state index contributed by atoms with van der Waals surface area (Å²) in [6.07, 6.45) is 1.18. The van der Waals surface area contributed by atoms with Gasteiger partial charge in [0.1, 0.15) is 11.5 Å². The van der Waals surface area contributed by atoms with E-state index >= 15 is 0 Å². The first-order valence-corrected chi connectivity index (χ1v) is 10.5. The Morgan fingerprint density at radius 3 is 2.27 bits per heavy atom. The fourth-order valence-electron chi connectivity index (χ4n) is 4.20. The maximum atomic E-state index is 13.1. The van der Waals surface area contributed by atoms with Crippen LogP contribution in [0.4, 0.5) is 11.4 Å². The molecule has 2 saturated heterocycles. The van der Waals surface area contributed by atoms with E-state index in [1.807, 2.05) is 31.2 Å². The summed E-state index contributed by atoms with van der Waals surface area (Å²) < 4.78 is 5.58. The number of piperazine rings is 1. The number of phenolic OH excluding ortho intramolecular Hbond substituents is 1. The van der Waals surface area contributed by atoms with Crippen molar-refractivity contribution in [3.8, 4) is 11.5 Å². The Morgan fingerprint density at radius 2 is 1.63 bits per heavy atom. The third-order valence-corrected chi connectivity index (χ3v) is 5.83. The lowest BCUT2D eigenvalue weighted by molar-refractivity contribution is -0.915. The molecule has 2 amide bonds. The van der Waals surface area contributed by atoms with Crippen LogP contribution in [0.15, 0.2) is 48.5 Å². The number of ether oxygens (including phenoxy) is 1. The molecule has 2 fully saturated rings. The zero-order chi connectivity index (χ0) is 21.1. The van der Waals surface area contributed by atoms with Crippen molar-refractivity contribution in [2.75, 3.05) is 42.6 Å². The Kier molecular flexibility index (Phi) is 5.90. The number of phenols is 1. The second-order valence-corrected chi connectivity index (χ2v) is 7.83. The molecule has 0 aliphatic carbocycles. The van der Waals surface area contributed by atoms with E-state index in [9.17, 15) is 14.7 Å². The molecule has 2 aliphatic heterocycles. The summed E-state index contributed by atoms with van der Waals surface area (Å²) >= 11 is 0. The van der Waals surface area contributed by atoms with Gasteiger partial charge in [-0.3, -0.25) is 9.59 Å². The minimum absolute atomic E-state index is 0.115. The number of nitrogens with zero attached hydrogens (tertiary/aromatic N) is 2. The number of carbonyl (C=O) groups is 2. The molecule has 2 heterocycles. The molecule has 7 heteroatoms. The Labute approximate surface area is 176 Å². The molecule has 0 spiro atoms. The first-order chi connectivity index (χ1) is 14.6. The van der Waals surface area contributed by atoms with Crippen LogP contribution in [-0.2, 0) is 9.59 Å². The van der Waals surface area contributed by atoms with Gasteiger partial charge >= 0.3 is 0 Å². The lowest BCUT2D eigenvalue weighted by Gasteiger charge is -2.35. The van der Waals surface area contributed by atoms with Gasteiger partial charge in [0.2, 0.25) is 5.91 Å². The number of imide groups is 1. The molecule has 2 aliphatic rings. The molecule has 2 aromatic carbocycles.